The first-order chi connectivity index (χ1) is 8.14. The van der Waals surface area contributed by atoms with Gasteiger partial charge in [0.05, 0.1) is 0 Å². The van der Waals surface area contributed by atoms with Crippen molar-refractivity contribution in [3.63, 3.8) is 0 Å². The summed E-state index contributed by atoms with van der Waals surface area (Å²) in [6.45, 7) is 0. The van der Waals surface area contributed by atoms with Gasteiger partial charge in [0, 0.05) is 14.6 Å². The van der Waals surface area contributed by atoms with E-state index in [4.69, 9.17) is 9.79 Å². The highest BCUT2D eigenvalue weighted by molar-refractivity contribution is 9.10. The highest BCUT2D eigenvalue weighted by atomic mass is 79.9. The zero-order chi connectivity index (χ0) is 13.7. The zero-order valence-electron chi connectivity index (χ0n) is 8.47. The quantitative estimate of drug-likeness (QED) is 0.716. The summed E-state index contributed by atoms with van der Waals surface area (Å²) >= 11 is 3.46. The lowest BCUT2D eigenvalue weighted by Crippen LogP contribution is -2.12. The first kappa shape index (κ1) is 13.9. The number of hydrogen-bond acceptors (Lipinski definition) is 3. The van der Waals surface area contributed by atoms with Crippen molar-refractivity contribution in [3.05, 3.63) is 27.5 Å². The van der Waals surface area contributed by atoms with E-state index in [1.54, 1.807) is 0 Å². The lowest BCUT2D eigenvalue weighted by molar-refractivity contribution is 0.0595. The van der Waals surface area contributed by atoms with Crippen molar-refractivity contribution in [2.75, 3.05) is 0 Å². The van der Waals surface area contributed by atoms with E-state index in [0.717, 1.165) is 0 Å². The van der Waals surface area contributed by atoms with E-state index in [-0.39, 0.29) is 15.6 Å². The molecular formula is C9H6BrF2O4PS. The molecule has 0 aliphatic rings. The van der Waals surface area contributed by atoms with Crippen molar-refractivity contribution in [2.24, 2.45) is 0 Å². The molecule has 1 aromatic carbocycles. The van der Waals surface area contributed by atoms with Crippen molar-refractivity contribution in [1.82, 2.24) is 0 Å². The van der Waals surface area contributed by atoms with Crippen LogP contribution in [0.5, 0.6) is 5.75 Å². The van der Waals surface area contributed by atoms with E-state index in [0.29, 0.717) is 16.0 Å². The van der Waals surface area contributed by atoms with Crippen molar-refractivity contribution in [1.29, 1.82) is 0 Å². The normalized spacial score (nSPS) is 13.2. The topological polar surface area (TPSA) is 77.8 Å². The fourth-order valence-corrected chi connectivity index (χ4v) is 4.30. The lowest BCUT2D eigenvalue weighted by Gasteiger charge is -2.16. The number of halogens is 3. The van der Waals surface area contributed by atoms with E-state index in [1.807, 2.05) is 0 Å². The number of alkyl halides is 2. The van der Waals surface area contributed by atoms with Gasteiger partial charge in [-0.3, -0.25) is 4.57 Å². The third-order valence-electron chi connectivity index (χ3n) is 2.25. The van der Waals surface area contributed by atoms with Crippen LogP contribution in [0.1, 0.15) is 4.88 Å². The van der Waals surface area contributed by atoms with E-state index in [9.17, 15) is 18.5 Å². The van der Waals surface area contributed by atoms with Gasteiger partial charge in [0.2, 0.25) is 0 Å². The Morgan fingerprint density at radius 3 is 2.50 bits per heavy atom. The molecule has 2 rings (SSSR count). The van der Waals surface area contributed by atoms with Crippen LogP contribution in [0.3, 0.4) is 0 Å². The molecule has 9 heteroatoms. The maximum absolute atomic E-state index is 13.6. The van der Waals surface area contributed by atoms with Crippen LogP contribution >= 0.6 is 34.9 Å². The number of benzene rings is 1. The average molecular weight is 359 g/mol. The number of fused-ring (bicyclic) bond motifs is 1. The molecule has 18 heavy (non-hydrogen) atoms. The predicted molar refractivity (Wildman–Crippen MR) is 67.1 cm³/mol. The summed E-state index contributed by atoms with van der Waals surface area (Å²) in [7, 11) is -5.60. The highest BCUT2D eigenvalue weighted by Crippen LogP contribution is 2.62. The molecular weight excluding hydrogens is 353 g/mol. The summed E-state index contributed by atoms with van der Waals surface area (Å²) in [5.74, 6) is -0.118. The van der Waals surface area contributed by atoms with Crippen LogP contribution in [0.2, 0.25) is 0 Å². The predicted octanol–water partition coefficient (Wildman–Crippen LogP) is 3.60. The number of aromatic hydroxyl groups is 1. The second-order valence-corrected chi connectivity index (χ2v) is 7.01. The summed E-state index contributed by atoms with van der Waals surface area (Å²) in [5.41, 5.74) is -4.26. The second kappa shape index (κ2) is 4.25. The molecule has 0 bridgehead atoms. The average Bonchev–Trinajstić information content (AvgIpc) is 2.55. The molecule has 0 fully saturated rings. The Morgan fingerprint density at radius 2 is 1.94 bits per heavy atom. The summed E-state index contributed by atoms with van der Waals surface area (Å²) in [4.78, 5) is 16.6. The summed E-state index contributed by atoms with van der Waals surface area (Å²) < 4.78 is 38.3. The molecule has 2 aromatic rings. The van der Waals surface area contributed by atoms with Gasteiger partial charge in [0.1, 0.15) is 10.6 Å². The molecule has 0 unspecified atom stereocenters. The van der Waals surface area contributed by atoms with Crippen LogP contribution in [0.15, 0.2) is 22.7 Å². The zero-order valence-corrected chi connectivity index (χ0v) is 11.8. The van der Waals surface area contributed by atoms with Crippen molar-refractivity contribution in [2.45, 2.75) is 5.66 Å². The number of thiophene rings is 1. The SMILES string of the molecule is O=P(O)(O)C(F)(F)c1sc2ccc(O)cc2c1Br. The van der Waals surface area contributed by atoms with E-state index in [2.05, 4.69) is 15.9 Å². The van der Waals surface area contributed by atoms with Crippen LogP contribution in [0, 0.1) is 0 Å². The standard InChI is InChI=1S/C9H6BrF2O4PS/c10-7-5-3-4(13)1-2-6(5)18-8(7)9(11,12)17(14,15)16/h1-3,13H,(H2,14,15,16). The highest BCUT2D eigenvalue weighted by Gasteiger charge is 2.53. The molecule has 3 N–H and O–H groups in total. The van der Waals surface area contributed by atoms with Gasteiger partial charge >= 0.3 is 13.3 Å². The molecule has 4 nitrogen and oxygen atoms in total. The number of phenols is 1. The Hall–Kier alpha value is -0.530. The molecule has 0 spiro atoms. The third-order valence-corrected chi connectivity index (χ3v) is 5.68. The molecule has 1 heterocycles. The van der Waals surface area contributed by atoms with E-state index in [1.165, 1.54) is 18.2 Å². The summed E-state index contributed by atoms with van der Waals surface area (Å²) in [6, 6.07) is 3.96. The van der Waals surface area contributed by atoms with E-state index >= 15 is 0 Å². The fourth-order valence-electron chi connectivity index (χ4n) is 1.38. The molecule has 98 valence electrons. The minimum Gasteiger partial charge on any atom is -0.508 e. The molecule has 0 saturated carbocycles. The third kappa shape index (κ3) is 2.08. The summed E-state index contributed by atoms with van der Waals surface area (Å²) in [5, 5.41) is 9.55. The van der Waals surface area contributed by atoms with Crippen molar-refractivity contribution >= 4 is 44.9 Å². The lowest BCUT2D eigenvalue weighted by atomic mass is 10.2. The molecule has 0 amide bonds. The first-order valence-electron chi connectivity index (χ1n) is 4.49. The minimum atomic E-state index is -5.60. The Labute approximate surface area is 112 Å². The Balaban J connectivity index is 2.74. The first-order valence-corrected chi connectivity index (χ1v) is 7.71. The molecule has 0 aliphatic heterocycles. The number of rotatable bonds is 2. The minimum absolute atomic E-state index is 0.118. The van der Waals surface area contributed by atoms with Crippen molar-refractivity contribution in [3.8, 4) is 5.75 Å². The van der Waals surface area contributed by atoms with Crippen LogP contribution < -0.4 is 0 Å². The van der Waals surface area contributed by atoms with Crippen LogP contribution in [-0.2, 0) is 10.2 Å². The van der Waals surface area contributed by atoms with Crippen LogP contribution in [0.25, 0.3) is 10.1 Å². The smallest absolute Gasteiger partial charge is 0.400 e. The molecule has 0 atom stereocenters. The maximum Gasteiger partial charge on any atom is 0.400 e. The van der Waals surface area contributed by atoms with E-state index < -0.39 is 18.1 Å². The fraction of sp³-hybridized carbons (Fsp3) is 0.111. The molecule has 1 aromatic heterocycles. The van der Waals surface area contributed by atoms with Gasteiger partial charge < -0.3 is 14.9 Å². The monoisotopic (exact) mass is 358 g/mol. The number of hydrogen-bond donors (Lipinski definition) is 3. The van der Waals surface area contributed by atoms with Gasteiger partial charge in [0.25, 0.3) is 0 Å². The Morgan fingerprint density at radius 1 is 1.33 bits per heavy atom. The second-order valence-electron chi connectivity index (χ2n) is 3.51. The summed E-state index contributed by atoms with van der Waals surface area (Å²) in [6.07, 6.45) is 0. The number of phenolic OH excluding ortho intramolecular Hbond substituents is 1. The van der Waals surface area contributed by atoms with Gasteiger partial charge in [0.15, 0.2) is 0 Å². The molecule has 0 saturated heterocycles. The maximum atomic E-state index is 13.6. The molecule has 0 aliphatic carbocycles. The van der Waals surface area contributed by atoms with Crippen molar-refractivity contribution < 1.29 is 28.2 Å². The van der Waals surface area contributed by atoms with Gasteiger partial charge in [-0.25, -0.2) is 0 Å². The molecule has 0 radical (unpaired) electrons. The van der Waals surface area contributed by atoms with Gasteiger partial charge in [-0.2, -0.15) is 8.78 Å². The van der Waals surface area contributed by atoms with Crippen LogP contribution in [0.4, 0.5) is 8.78 Å². The van der Waals surface area contributed by atoms with Crippen LogP contribution in [-0.4, -0.2) is 14.9 Å². The van der Waals surface area contributed by atoms with Gasteiger partial charge in [-0.15, -0.1) is 11.3 Å². The van der Waals surface area contributed by atoms with Gasteiger partial charge in [-0.1, -0.05) is 0 Å². The Bertz CT molecular complexity index is 666. The largest absolute Gasteiger partial charge is 0.508 e. The Kier molecular flexibility index (Phi) is 3.28. The van der Waals surface area contributed by atoms with Gasteiger partial charge in [-0.05, 0) is 34.1 Å².